The highest BCUT2D eigenvalue weighted by Gasteiger charge is 2.33. The zero-order valence-corrected chi connectivity index (χ0v) is 89.7. The van der Waals surface area contributed by atoms with E-state index in [0.29, 0.717) is 35.5 Å². The summed E-state index contributed by atoms with van der Waals surface area (Å²) in [6.07, 6.45) is 0. The van der Waals surface area contributed by atoms with Crippen LogP contribution in [0, 0.1) is 41.5 Å². The highest BCUT2D eigenvalue weighted by Crippen LogP contribution is 2.58. The number of hydrogen-bond donors (Lipinski definition) is 0. The van der Waals surface area contributed by atoms with Crippen molar-refractivity contribution in [1.29, 1.82) is 0 Å². The normalized spacial score (nSPS) is 11.8. The van der Waals surface area contributed by atoms with E-state index in [4.69, 9.17) is 0 Å². The van der Waals surface area contributed by atoms with Crippen molar-refractivity contribution in [3.05, 3.63) is 504 Å². The zero-order valence-electron chi connectivity index (χ0n) is 89.7. The Bertz CT molecular complexity index is 8480. The fourth-order valence-corrected chi connectivity index (χ4v) is 23.5. The molecule has 24 aromatic carbocycles. The van der Waals surface area contributed by atoms with Crippen molar-refractivity contribution in [1.82, 2.24) is 0 Å². The molecule has 0 aliphatic rings. The van der Waals surface area contributed by atoms with Crippen LogP contribution < -0.4 is 29.4 Å². The summed E-state index contributed by atoms with van der Waals surface area (Å²) in [5.41, 5.74) is 36.9. The monoisotopic (exact) mass is 1950 g/mol. The molecule has 0 saturated carbocycles. The van der Waals surface area contributed by atoms with Gasteiger partial charge in [0, 0.05) is 101 Å². The van der Waals surface area contributed by atoms with E-state index >= 15 is 0 Å². The van der Waals surface area contributed by atoms with Crippen LogP contribution >= 0.6 is 0 Å². The van der Waals surface area contributed by atoms with Crippen LogP contribution in [0.3, 0.4) is 0 Å². The lowest BCUT2D eigenvalue weighted by molar-refractivity contribution is 0.875. The fraction of sp³-hybridized carbons (Fsp3) is 0.167. The molecule has 0 N–H and O–H groups in total. The number of aryl methyl sites for hydroxylation is 6. The lowest BCUT2D eigenvalue weighted by Crippen LogP contribution is -2.14. The Morgan fingerprint density at radius 1 is 0.127 bits per heavy atom. The maximum atomic E-state index is 2.47. The molecule has 0 bridgehead atoms. The van der Waals surface area contributed by atoms with Gasteiger partial charge in [-0.2, -0.15) is 0 Å². The minimum absolute atomic E-state index is 0.338. The Morgan fingerprint density at radius 3 is 0.507 bits per heavy atom. The number of benzene rings is 24. The summed E-state index contributed by atoms with van der Waals surface area (Å²) in [5, 5.41) is 23.7. The van der Waals surface area contributed by atoms with Crippen LogP contribution in [-0.4, -0.2) is 0 Å². The topological polar surface area (TPSA) is 19.4 Å². The first-order valence-electron chi connectivity index (χ1n) is 53.8. The van der Waals surface area contributed by atoms with Crippen LogP contribution in [0.2, 0.25) is 0 Å². The first-order valence-corrected chi connectivity index (χ1v) is 53.8. The molecule has 0 heterocycles. The van der Waals surface area contributed by atoms with Crippen LogP contribution in [0.25, 0.3) is 97.0 Å². The van der Waals surface area contributed by atoms with Gasteiger partial charge < -0.3 is 29.4 Å². The van der Waals surface area contributed by atoms with Crippen molar-refractivity contribution in [2.75, 3.05) is 29.4 Å². The first kappa shape index (κ1) is 97.9. The van der Waals surface area contributed by atoms with Crippen molar-refractivity contribution in [3.8, 4) is 0 Å². The van der Waals surface area contributed by atoms with E-state index in [9.17, 15) is 0 Å². The average Bonchev–Trinajstić information content (AvgIpc) is 0.710. The predicted molar refractivity (Wildman–Crippen MR) is 651 cm³/mol. The van der Waals surface area contributed by atoms with Gasteiger partial charge in [-0.1, -0.05) is 361 Å². The maximum absolute atomic E-state index is 2.47. The molecule has 0 aromatic heterocycles. The zero-order chi connectivity index (χ0) is 104. The predicted octanol–water partition coefficient (Wildman–Crippen LogP) is 43.2. The van der Waals surface area contributed by atoms with Crippen molar-refractivity contribution < 1.29 is 0 Å². The number of para-hydroxylation sites is 8. The van der Waals surface area contributed by atoms with Gasteiger partial charge in [-0.05, 0) is 367 Å². The number of rotatable bonds is 24. The molecule has 0 aliphatic heterocycles. The molecule has 150 heavy (non-hydrogen) atoms. The summed E-state index contributed by atoms with van der Waals surface area (Å²) in [7, 11) is 0. The molecule has 0 saturated heterocycles. The molecule has 0 aliphatic carbocycles. The lowest BCUT2D eigenvalue weighted by atomic mass is 9.84. The molecule has 0 unspecified atom stereocenters. The Hall–Kier alpha value is -16.8. The van der Waals surface area contributed by atoms with Crippen molar-refractivity contribution in [3.63, 3.8) is 0 Å². The second kappa shape index (κ2) is 41.1. The minimum atomic E-state index is 0.338. The van der Waals surface area contributed by atoms with Crippen LogP contribution in [-0.2, 0) is 0 Å². The number of nitrogens with zero attached hydrogens (tertiary/aromatic N) is 6. The van der Waals surface area contributed by atoms with Gasteiger partial charge >= 0.3 is 0 Å². The number of anilines is 18. The van der Waals surface area contributed by atoms with Crippen LogP contribution in [0.1, 0.15) is 185 Å². The summed E-state index contributed by atoms with van der Waals surface area (Å²) in [6.45, 7) is 41.0. The van der Waals surface area contributed by atoms with Gasteiger partial charge in [-0.25, -0.2) is 0 Å². The minimum Gasteiger partial charge on any atom is -0.310 e. The highest BCUT2D eigenvalue weighted by atomic mass is 15.2. The quantitative estimate of drug-likeness (QED) is 0.0558. The summed E-state index contributed by atoms with van der Waals surface area (Å²) >= 11 is 0. The second-order valence-corrected chi connectivity index (χ2v) is 43.0. The Morgan fingerprint density at radius 2 is 0.300 bits per heavy atom. The van der Waals surface area contributed by atoms with Gasteiger partial charge in [-0.3, -0.25) is 0 Å². The van der Waals surface area contributed by atoms with Crippen LogP contribution in [0.4, 0.5) is 102 Å². The van der Waals surface area contributed by atoms with E-state index in [1.165, 1.54) is 221 Å². The molecule has 0 fully saturated rings. The molecule has 738 valence electrons. The highest BCUT2D eigenvalue weighted by molar-refractivity contribution is 6.33. The van der Waals surface area contributed by atoms with E-state index < -0.39 is 0 Å². The van der Waals surface area contributed by atoms with Gasteiger partial charge in [0.1, 0.15) is 0 Å². The largest absolute Gasteiger partial charge is 0.310 e. The second-order valence-electron chi connectivity index (χ2n) is 43.0. The summed E-state index contributed by atoms with van der Waals surface area (Å²) in [5.74, 6) is 2.03. The lowest BCUT2D eigenvalue weighted by Gasteiger charge is -2.32. The molecule has 6 heteroatoms. The summed E-state index contributed by atoms with van der Waals surface area (Å²) in [4.78, 5) is 14.8. The summed E-state index contributed by atoms with van der Waals surface area (Å²) in [6, 6.07) is 162. The van der Waals surface area contributed by atoms with Crippen molar-refractivity contribution in [2.24, 2.45) is 0 Å². The molecule has 0 atom stereocenters. The third-order valence-corrected chi connectivity index (χ3v) is 30.8. The van der Waals surface area contributed by atoms with Gasteiger partial charge in [0.15, 0.2) is 0 Å². The molecule has 0 amide bonds. The van der Waals surface area contributed by atoms with E-state index in [1.54, 1.807) is 0 Å². The average molecular weight is 1950 g/mol. The van der Waals surface area contributed by atoms with Crippen molar-refractivity contribution in [2.45, 2.75) is 160 Å². The molecular formula is C144H132N6. The molecular weight excluding hydrogens is 1810 g/mol. The van der Waals surface area contributed by atoms with Gasteiger partial charge in [-0.15, -0.1) is 0 Å². The maximum Gasteiger partial charge on any atom is 0.0543 e. The third-order valence-electron chi connectivity index (χ3n) is 30.8. The van der Waals surface area contributed by atoms with Crippen LogP contribution in [0.5, 0.6) is 0 Å². The third kappa shape index (κ3) is 18.0. The van der Waals surface area contributed by atoms with E-state index in [2.05, 4.69) is 591 Å². The standard InChI is InChI=1S/3C48H44N2/c1-31(2)41-29-45(49(35-19-9-7-10-20-35)43-23-15-13-17-33(43)5)39-28-26-38-42(32(3)4)30-46(40-27-25-37(41)47(39)48(38)40)50(36-21-11-8-12-22-36)44-24-16-14-18-34(44)6;1-31(2)43-29-45(49(35-17-9-7-10-18-35)37-21-13-15-33(5)27-37)41-26-24-40-44(32(3)4)30-46(42-25-23-39(43)47(41)48(40)42)50(36-19-11-8-12-20-36)38-22-14-16-34(6)28-38;1-31(2)43-29-45(49(35-13-9-7-10-14-35)37-21-17-33(5)18-22-37)41-28-26-40-44(32(3)4)30-46(42-27-25-39(43)47(41)48(40)42)50(36-15-11-8-12-16-36)38-23-19-34(6)20-24-38/h3*7-32H,1-6H3. The molecule has 6 nitrogen and oxygen atoms in total. The SMILES string of the molecule is Cc1ccc(N(c2ccccc2)c2cc(C(C)C)c3ccc4c(N(c5ccccc5)c5ccc(C)cc5)cc(C(C)C)c5ccc2c3c54)cc1.Cc1cccc(N(c2ccccc2)c2cc(C(C)C)c3ccc4c(N(c5ccccc5)c5cccc(C)c5)cc(C(C)C)c5ccc2c3c54)c1.Cc1ccccc1N(c1ccccc1)c1cc(C(C)C)c2ccc3c(N(c4ccccc4)c4ccccc4C)cc(C(C)C)c4ccc1c2c43. The fourth-order valence-electron chi connectivity index (χ4n) is 23.5. The summed E-state index contributed by atoms with van der Waals surface area (Å²) < 4.78 is 0. The smallest absolute Gasteiger partial charge is 0.0543 e. The van der Waals surface area contributed by atoms with Gasteiger partial charge in [0.2, 0.25) is 0 Å². The molecule has 24 aromatic rings. The van der Waals surface area contributed by atoms with Crippen LogP contribution in [0.15, 0.2) is 437 Å². The Kier molecular flexibility index (Phi) is 26.8. The van der Waals surface area contributed by atoms with Gasteiger partial charge in [0.05, 0.1) is 34.1 Å². The number of hydrogen-bond acceptors (Lipinski definition) is 6. The van der Waals surface area contributed by atoms with Crippen molar-refractivity contribution >= 4 is 199 Å². The van der Waals surface area contributed by atoms with E-state index in [0.717, 1.165) is 45.5 Å². The molecule has 24 rings (SSSR count). The van der Waals surface area contributed by atoms with Gasteiger partial charge in [0.25, 0.3) is 0 Å². The Labute approximate surface area is 886 Å². The van der Waals surface area contributed by atoms with E-state index in [1.807, 2.05) is 0 Å². The molecule has 0 spiro atoms. The Balaban J connectivity index is 0.000000127. The van der Waals surface area contributed by atoms with E-state index in [-0.39, 0.29) is 0 Å². The first-order chi connectivity index (χ1) is 72.9. The molecule has 0 radical (unpaired) electrons.